The maximum absolute atomic E-state index is 11.6. The van der Waals surface area contributed by atoms with Crippen molar-refractivity contribution in [2.24, 2.45) is 11.8 Å². The van der Waals surface area contributed by atoms with Crippen LogP contribution in [0.5, 0.6) is 0 Å². The zero-order valence-corrected chi connectivity index (χ0v) is 9.09. The van der Waals surface area contributed by atoms with Gasteiger partial charge in [0.2, 0.25) is 5.91 Å². The summed E-state index contributed by atoms with van der Waals surface area (Å²) >= 11 is 0. The second-order valence-electron chi connectivity index (χ2n) is 4.92. The normalized spacial score (nSPS) is 32.6. The molecule has 2 unspecified atom stereocenters. The number of carbonyl (C=O) groups is 1. The fourth-order valence-electron chi connectivity index (χ4n) is 2.46. The van der Waals surface area contributed by atoms with Crippen LogP contribution < -0.4 is 5.32 Å². The summed E-state index contributed by atoms with van der Waals surface area (Å²) in [6, 6.07) is 0.488. The first-order valence-electron chi connectivity index (χ1n) is 6.10. The number of carbonyl (C=O) groups excluding carboxylic acids is 1. The first-order chi connectivity index (χ1) is 6.79. The Labute approximate surface area is 86.5 Å². The van der Waals surface area contributed by atoms with Crippen molar-refractivity contribution in [3.8, 4) is 0 Å². The molecule has 1 amide bonds. The van der Waals surface area contributed by atoms with Crippen molar-refractivity contribution < 1.29 is 4.79 Å². The average molecular weight is 195 g/mol. The molecule has 2 aliphatic rings. The predicted molar refractivity (Wildman–Crippen MR) is 56.9 cm³/mol. The topological polar surface area (TPSA) is 29.1 Å². The zero-order chi connectivity index (χ0) is 9.97. The van der Waals surface area contributed by atoms with Crippen molar-refractivity contribution in [3.63, 3.8) is 0 Å². The standard InChI is InChI=1S/C12H21NO/c1-2-9-4-3-5-11(8-9)13-12(14)10-6-7-10/h9-11H,2-8H2,1H3,(H,13,14). The van der Waals surface area contributed by atoms with Crippen molar-refractivity contribution in [3.05, 3.63) is 0 Å². The number of rotatable bonds is 3. The smallest absolute Gasteiger partial charge is 0.223 e. The van der Waals surface area contributed by atoms with Gasteiger partial charge in [0.1, 0.15) is 0 Å². The molecule has 0 aromatic carbocycles. The fourth-order valence-corrected chi connectivity index (χ4v) is 2.46. The summed E-state index contributed by atoms with van der Waals surface area (Å²) in [7, 11) is 0. The lowest BCUT2D eigenvalue weighted by Gasteiger charge is -2.29. The Kier molecular flexibility index (Phi) is 3.09. The number of hydrogen-bond acceptors (Lipinski definition) is 1. The molecule has 0 aromatic heterocycles. The molecule has 0 heterocycles. The van der Waals surface area contributed by atoms with E-state index in [4.69, 9.17) is 0 Å². The van der Waals surface area contributed by atoms with Gasteiger partial charge in [-0.15, -0.1) is 0 Å². The van der Waals surface area contributed by atoms with Crippen LogP contribution in [-0.2, 0) is 4.79 Å². The molecule has 0 aromatic rings. The number of amides is 1. The third kappa shape index (κ3) is 2.49. The minimum Gasteiger partial charge on any atom is -0.353 e. The highest BCUT2D eigenvalue weighted by molar-refractivity contribution is 5.81. The van der Waals surface area contributed by atoms with E-state index in [0.29, 0.717) is 17.9 Å². The fraction of sp³-hybridized carbons (Fsp3) is 0.917. The van der Waals surface area contributed by atoms with Crippen LogP contribution in [0.2, 0.25) is 0 Å². The highest BCUT2D eigenvalue weighted by Crippen LogP contribution is 2.31. The summed E-state index contributed by atoms with van der Waals surface area (Å²) in [6.45, 7) is 2.26. The van der Waals surface area contributed by atoms with E-state index in [2.05, 4.69) is 12.2 Å². The van der Waals surface area contributed by atoms with Gasteiger partial charge in [0.15, 0.2) is 0 Å². The predicted octanol–water partition coefficient (Wildman–Crippen LogP) is 2.48. The van der Waals surface area contributed by atoms with E-state index in [1.807, 2.05) is 0 Å². The van der Waals surface area contributed by atoms with Gasteiger partial charge in [0.25, 0.3) is 0 Å². The summed E-state index contributed by atoms with van der Waals surface area (Å²) < 4.78 is 0. The van der Waals surface area contributed by atoms with Crippen molar-refractivity contribution in [1.29, 1.82) is 0 Å². The first kappa shape index (κ1) is 10.0. The van der Waals surface area contributed by atoms with Crippen LogP contribution in [0.15, 0.2) is 0 Å². The molecule has 2 atom stereocenters. The van der Waals surface area contributed by atoms with Gasteiger partial charge in [-0.3, -0.25) is 4.79 Å². The third-order valence-electron chi connectivity index (χ3n) is 3.65. The average Bonchev–Trinajstić information content (AvgIpc) is 3.01. The maximum atomic E-state index is 11.6. The molecule has 14 heavy (non-hydrogen) atoms. The second-order valence-corrected chi connectivity index (χ2v) is 4.92. The summed E-state index contributed by atoms with van der Waals surface area (Å²) in [4.78, 5) is 11.6. The Hall–Kier alpha value is -0.530. The summed E-state index contributed by atoms with van der Waals surface area (Å²) in [5.74, 6) is 1.55. The van der Waals surface area contributed by atoms with Crippen LogP contribution in [0.3, 0.4) is 0 Å². The van der Waals surface area contributed by atoms with Crippen molar-refractivity contribution >= 4 is 5.91 Å². The van der Waals surface area contributed by atoms with Crippen LogP contribution in [0, 0.1) is 11.8 Å². The van der Waals surface area contributed by atoms with Gasteiger partial charge in [-0.25, -0.2) is 0 Å². The molecule has 2 aliphatic carbocycles. The maximum Gasteiger partial charge on any atom is 0.223 e. The lowest BCUT2D eigenvalue weighted by Crippen LogP contribution is -2.39. The molecular formula is C12H21NO. The van der Waals surface area contributed by atoms with E-state index in [9.17, 15) is 4.79 Å². The Morgan fingerprint density at radius 3 is 2.71 bits per heavy atom. The quantitative estimate of drug-likeness (QED) is 0.736. The van der Waals surface area contributed by atoms with Gasteiger partial charge >= 0.3 is 0 Å². The Bertz CT molecular complexity index is 210. The van der Waals surface area contributed by atoms with Gasteiger partial charge in [-0.2, -0.15) is 0 Å². The summed E-state index contributed by atoms with van der Waals surface area (Å²) in [5.41, 5.74) is 0. The molecular weight excluding hydrogens is 174 g/mol. The third-order valence-corrected chi connectivity index (χ3v) is 3.65. The van der Waals surface area contributed by atoms with Gasteiger partial charge in [-0.05, 0) is 31.6 Å². The molecule has 0 aliphatic heterocycles. The van der Waals surface area contributed by atoms with Crippen molar-refractivity contribution in [1.82, 2.24) is 5.32 Å². The summed E-state index contributed by atoms with van der Waals surface area (Å²) in [6.07, 6.45) is 8.60. The van der Waals surface area contributed by atoms with E-state index in [0.717, 1.165) is 18.8 Å². The molecule has 2 nitrogen and oxygen atoms in total. The van der Waals surface area contributed by atoms with Gasteiger partial charge in [-0.1, -0.05) is 26.2 Å². The second kappa shape index (κ2) is 4.33. The van der Waals surface area contributed by atoms with Crippen molar-refractivity contribution in [2.75, 3.05) is 0 Å². The lowest BCUT2D eigenvalue weighted by molar-refractivity contribution is -0.123. The molecule has 2 fully saturated rings. The van der Waals surface area contributed by atoms with Crippen LogP contribution in [0.1, 0.15) is 51.9 Å². The molecule has 2 heteroatoms. The molecule has 0 spiro atoms. The molecule has 2 saturated carbocycles. The molecule has 0 saturated heterocycles. The lowest BCUT2D eigenvalue weighted by atomic mass is 9.84. The molecule has 0 radical (unpaired) electrons. The van der Waals surface area contributed by atoms with E-state index < -0.39 is 0 Å². The van der Waals surface area contributed by atoms with Crippen LogP contribution in [0.4, 0.5) is 0 Å². The van der Waals surface area contributed by atoms with Gasteiger partial charge in [0.05, 0.1) is 0 Å². The van der Waals surface area contributed by atoms with Crippen LogP contribution in [0.25, 0.3) is 0 Å². The summed E-state index contributed by atoms with van der Waals surface area (Å²) in [5, 5.41) is 3.21. The van der Waals surface area contributed by atoms with Crippen LogP contribution >= 0.6 is 0 Å². The Morgan fingerprint density at radius 2 is 2.07 bits per heavy atom. The molecule has 0 bridgehead atoms. The Balaban J connectivity index is 1.76. The highest BCUT2D eigenvalue weighted by Gasteiger charge is 2.31. The van der Waals surface area contributed by atoms with Crippen LogP contribution in [-0.4, -0.2) is 11.9 Å². The minimum atomic E-state index is 0.326. The molecule has 80 valence electrons. The van der Waals surface area contributed by atoms with E-state index in [-0.39, 0.29) is 0 Å². The minimum absolute atomic E-state index is 0.326. The van der Waals surface area contributed by atoms with Gasteiger partial charge < -0.3 is 5.32 Å². The van der Waals surface area contributed by atoms with E-state index in [1.165, 1.54) is 32.1 Å². The SMILES string of the molecule is CCC1CCCC(NC(=O)C2CC2)C1. The monoisotopic (exact) mass is 195 g/mol. The molecule has 2 rings (SSSR count). The van der Waals surface area contributed by atoms with E-state index >= 15 is 0 Å². The zero-order valence-electron chi connectivity index (χ0n) is 9.09. The number of hydrogen-bond donors (Lipinski definition) is 1. The number of nitrogens with one attached hydrogen (secondary N) is 1. The largest absolute Gasteiger partial charge is 0.353 e. The van der Waals surface area contributed by atoms with Gasteiger partial charge in [0, 0.05) is 12.0 Å². The highest BCUT2D eigenvalue weighted by atomic mass is 16.2. The first-order valence-corrected chi connectivity index (χ1v) is 6.10. The van der Waals surface area contributed by atoms with E-state index in [1.54, 1.807) is 0 Å². The Morgan fingerprint density at radius 1 is 1.29 bits per heavy atom. The molecule has 1 N–H and O–H groups in total. The van der Waals surface area contributed by atoms with Crippen molar-refractivity contribution in [2.45, 2.75) is 57.9 Å².